The Morgan fingerprint density at radius 2 is 2.11 bits per heavy atom. The molecule has 9 heteroatoms. The number of rotatable bonds is 3. The Labute approximate surface area is 114 Å². The van der Waals surface area contributed by atoms with Crippen molar-refractivity contribution in [3.8, 4) is 11.4 Å². The second kappa shape index (κ2) is 5.00. The maximum Gasteiger partial charge on any atom is 0.308 e. The van der Waals surface area contributed by atoms with E-state index >= 15 is 0 Å². The zero-order valence-corrected chi connectivity index (χ0v) is 11.2. The lowest BCUT2D eigenvalue weighted by atomic mass is 10.1. The van der Waals surface area contributed by atoms with E-state index in [1.807, 2.05) is 0 Å². The van der Waals surface area contributed by atoms with Crippen LogP contribution in [-0.2, 0) is 12.4 Å². The smallest absolute Gasteiger partial charge is 0.308 e. The first-order valence-corrected chi connectivity index (χ1v) is 6.16. The number of nitrogens with zero attached hydrogens (tertiary/aromatic N) is 4. The average molecular weight is 333 g/mol. The van der Waals surface area contributed by atoms with Crippen LogP contribution < -0.4 is 0 Å². The Morgan fingerprint density at radius 3 is 2.63 bits per heavy atom. The molecule has 0 amide bonds. The fourth-order valence-electron chi connectivity index (χ4n) is 1.58. The summed E-state index contributed by atoms with van der Waals surface area (Å²) in [7, 11) is 1.56. The third kappa shape index (κ3) is 2.33. The molecule has 100 valence electrons. The Hall–Kier alpha value is -1.90. The molecule has 1 heterocycles. The molecule has 0 N–H and O–H groups in total. The van der Waals surface area contributed by atoms with Gasteiger partial charge in [-0.1, -0.05) is 15.9 Å². The van der Waals surface area contributed by atoms with E-state index in [0.29, 0.717) is 17.2 Å². The van der Waals surface area contributed by atoms with Crippen molar-refractivity contribution < 1.29 is 13.7 Å². The molecule has 2 aromatic rings. The van der Waals surface area contributed by atoms with Crippen molar-refractivity contribution in [2.45, 2.75) is 5.33 Å². The number of hydrogen-bond donors (Lipinski definition) is 0. The van der Waals surface area contributed by atoms with Crippen molar-refractivity contribution in [1.29, 1.82) is 0 Å². The van der Waals surface area contributed by atoms with Gasteiger partial charge in [0.1, 0.15) is 11.6 Å². The van der Waals surface area contributed by atoms with Gasteiger partial charge >= 0.3 is 5.69 Å². The molecule has 0 fully saturated rings. The van der Waals surface area contributed by atoms with Crippen LogP contribution in [0.4, 0.5) is 14.5 Å². The highest BCUT2D eigenvalue weighted by Crippen LogP contribution is 2.29. The van der Waals surface area contributed by atoms with Gasteiger partial charge in [-0.15, -0.1) is 10.2 Å². The number of hydrogen-bond acceptors (Lipinski definition) is 4. The lowest BCUT2D eigenvalue weighted by Crippen LogP contribution is -2.02. The molecule has 0 aliphatic rings. The van der Waals surface area contributed by atoms with Gasteiger partial charge in [0.25, 0.3) is 0 Å². The molecule has 1 aromatic carbocycles. The maximum absolute atomic E-state index is 14.0. The maximum atomic E-state index is 14.0. The molecule has 0 unspecified atom stereocenters. The fourth-order valence-corrected chi connectivity index (χ4v) is 2.07. The quantitative estimate of drug-likeness (QED) is 0.492. The number of benzene rings is 1. The van der Waals surface area contributed by atoms with Gasteiger partial charge in [0, 0.05) is 7.05 Å². The summed E-state index contributed by atoms with van der Waals surface area (Å²) in [6.45, 7) is 0. The Kier molecular flexibility index (Phi) is 3.56. The van der Waals surface area contributed by atoms with Crippen molar-refractivity contribution in [2.24, 2.45) is 7.05 Å². The van der Waals surface area contributed by atoms with Crippen LogP contribution in [-0.4, -0.2) is 19.7 Å². The second-order valence-electron chi connectivity index (χ2n) is 3.68. The minimum atomic E-state index is -1.14. The van der Waals surface area contributed by atoms with E-state index in [-0.39, 0.29) is 11.4 Å². The summed E-state index contributed by atoms with van der Waals surface area (Å²) in [6, 6.07) is 1.38. The lowest BCUT2D eigenvalue weighted by Gasteiger charge is -2.04. The SMILES string of the molecule is Cn1c(CBr)nnc1-c1cc(F)cc([N+](=O)[O-])c1F. The van der Waals surface area contributed by atoms with Gasteiger partial charge in [0.15, 0.2) is 5.82 Å². The van der Waals surface area contributed by atoms with Gasteiger partial charge in [0.2, 0.25) is 5.82 Å². The van der Waals surface area contributed by atoms with E-state index in [2.05, 4.69) is 26.1 Å². The van der Waals surface area contributed by atoms with Crippen molar-refractivity contribution in [2.75, 3.05) is 0 Å². The van der Waals surface area contributed by atoms with Crippen LogP contribution in [0.5, 0.6) is 0 Å². The summed E-state index contributed by atoms with van der Waals surface area (Å²) in [6.07, 6.45) is 0. The van der Waals surface area contributed by atoms with Crippen LogP contribution in [0.3, 0.4) is 0 Å². The summed E-state index contributed by atoms with van der Waals surface area (Å²) in [4.78, 5) is 9.67. The van der Waals surface area contributed by atoms with Gasteiger partial charge in [0.05, 0.1) is 21.9 Å². The largest absolute Gasteiger partial charge is 0.313 e. The van der Waals surface area contributed by atoms with Crippen molar-refractivity contribution in [3.05, 3.63) is 39.7 Å². The fraction of sp³-hybridized carbons (Fsp3) is 0.200. The van der Waals surface area contributed by atoms with Crippen LogP contribution in [0.2, 0.25) is 0 Å². The summed E-state index contributed by atoms with van der Waals surface area (Å²) in [5.74, 6) is -1.54. The molecule has 2 rings (SSSR count). The molecule has 0 bridgehead atoms. The molecule has 6 nitrogen and oxygen atoms in total. The minimum Gasteiger partial charge on any atom is -0.313 e. The third-order valence-electron chi connectivity index (χ3n) is 2.54. The van der Waals surface area contributed by atoms with Gasteiger partial charge in [-0.25, -0.2) is 4.39 Å². The molecule has 1 aromatic heterocycles. The Morgan fingerprint density at radius 1 is 1.42 bits per heavy atom. The van der Waals surface area contributed by atoms with Gasteiger partial charge in [-0.05, 0) is 6.07 Å². The monoisotopic (exact) mass is 332 g/mol. The molecular formula is C10H7BrF2N4O2. The molecule has 0 radical (unpaired) electrons. The standard InChI is InChI=1S/C10H7BrF2N4O2/c1-16-8(4-11)14-15-10(16)6-2-5(12)3-7(9(6)13)17(18)19/h2-3H,4H2,1H3. The normalized spacial score (nSPS) is 10.7. The number of alkyl halides is 1. The summed E-state index contributed by atoms with van der Waals surface area (Å²) >= 11 is 3.17. The van der Waals surface area contributed by atoms with Crippen molar-refractivity contribution >= 4 is 21.6 Å². The van der Waals surface area contributed by atoms with Crippen LogP contribution in [0.15, 0.2) is 12.1 Å². The molecule has 0 aliphatic heterocycles. The van der Waals surface area contributed by atoms with E-state index in [1.165, 1.54) is 4.57 Å². The van der Waals surface area contributed by atoms with E-state index in [4.69, 9.17) is 0 Å². The lowest BCUT2D eigenvalue weighted by molar-refractivity contribution is -0.387. The van der Waals surface area contributed by atoms with E-state index in [0.717, 1.165) is 6.07 Å². The molecular weight excluding hydrogens is 326 g/mol. The predicted molar refractivity (Wildman–Crippen MR) is 65.6 cm³/mol. The Balaban J connectivity index is 2.68. The summed E-state index contributed by atoms with van der Waals surface area (Å²) in [5, 5.41) is 18.5. The minimum absolute atomic E-state index is 0.0227. The van der Waals surface area contributed by atoms with E-state index in [9.17, 15) is 18.9 Å². The van der Waals surface area contributed by atoms with Crippen LogP contribution in [0.25, 0.3) is 11.4 Å². The number of nitro groups is 1. The van der Waals surface area contributed by atoms with Gasteiger partial charge in [-0.3, -0.25) is 10.1 Å². The van der Waals surface area contributed by atoms with Crippen LogP contribution >= 0.6 is 15.9 Å². The molecule has 0 saturated heterocycles. The first-order chi connectivity index (χ1) is 8.95. The zero-order chi connectivity index (χ0) is 14.2. The molecule has 0 saturated carbocycles. The van der Waals surface area contributed by atoms with Gasteiger partial charge < -0.3 is 4.57 Å². The number of halogens is 3. The van der Waals surface area contributed by atoms with Crippen LogP contribution in [0.1, 0.15) is 5.82 Å². The molecule has 19 heavy (non-hydrogen) atoms. The van der Waals surface area contributed by atoms with Crippen LogP contribution in [0, 0.1) is 21.7 Å². The summed E-state index contributed by atoms with van der Waals surface area (Å²) in [5.41, 5.74) is -1.23. The third-order valence-corrected chi connectivity index (χ3v) is 3.04. The molecule has 0 aliphatic carbocycles. The second-order valence-corrected chi connectivity index (χ2v) is 4.24. The van der Waals surface area contributed by atoms with Crippen molar-refractivity contribution in [1.82, 2.24) is 14.8 Å². The van der Waals surface area contributed by atoms with Crippen molar-refractivity contribution in [3.63, 3.8) is 0 Å². The Bertz CT molecular complexity index is 659. The number of nitro benzene ring substituents is 1. The van der Waals surface area contributed by atoms with E-state index < -0.39 is 22.2 Å². The highest BCUT2D eigenvalue weighted by Gasteiger charge is 2.24. The summed E-state index contributed by atoms with van der Waals surface area (Å²) < 4.78 is 28.7. The highest BCUT2D eigenvalue weighted by atomic mass is 79.9. The first kappa shape index (κ1) is 13.5. The number of aromatic nitrogens is 3. The first-order valence-electron chi connectivity index (χ1n) is 5.03. The van der Waals surface area contributed by atoms with E-state index in [1.54, 1.807) is 7.05 Å². The molecule has 0 spiro atoms. The highest BCUT2D eigenvalue weighted by molar-refractivity contribution is 9.08. The molecule has 0 atom stereocenters. The average Bonchev–Trinajstić information content (AvgIpc) is 2.72. The van der Waals surface area contributed by atoms with Gasteiger partial charge in [-0.2, -0.15) is 4.39 Å². The topological polar surface area (TPSA) is 73.8 Å². The predicted octanol–water partition coefficient (Wildman–Crippen LogP) is 2.56. The zero-order valence-electron chi connectivity index (χ0n) is 9.60.